The van der Waals surface area contributed by atoms with Gasteiger partial charge in [0.15, 0.2) is 24.4 Å². The minimum Gasteiger partial charge on any atom is -0.491 e. The van der Waals surface area contributed by atoms with Crippen molar-refractivity contribution in [3.05, 3.63) is 71.2 Å². The van der Waals surface area contributed by atoms with Crippen molar-refractivity contribution in [3.63, 3.8) is 0 Å². The Bertz CT molecular complexity index is 1980. The fourth-order valence-corrected chi connectivity index (χ4v) is 6.80. The Morgan fingerprint density at radius 3 is 2.56 bits per heavy atom. The number of methoxy groups -OCH3 is 1. The number of piperazine rings is 1. The maximum Gasteiger partial charge on any atom is 0.352 e. The summed E-state index contributed by atoms with van der Waals surface area (Å²) in [6.07, 6.45) is 0.113. The molecule has 0 N–H and O–H groups in total. The van der Waals surface area contributed by atoms with E-state index in [-0.39, 0.29) is 29.9 Å². The Labute approximate surface area is 296 Å². The number of ether oxygens (including phenoxy) is 5. The van der Waals surface area contributed by atoms with Crippen molar-refractivity contribution >= 4 is 39.1 Å². The van der Waals surface area contributed by atoms with Crippen LogP contribution >= 0.6 is 22.9 Å². The van der Waals surface area contributed by atoms with Gasteiger partial charge in [0.2, 0.25) is 5.88 Å². The smallest absolute Gasteiger partial charge is 0.352 e. The molecule has 15 heteroatoms. The summed E-state index contributed by atoms with van der Waals surface area (Å²) in [6.45, 7) is 8.39. The third kappa shape index (κ3) is 7.84. The second kappa shape index (κ2) is 15.7. The first-order valence-electron chi connectivity index (χ1n) is 15.8. The number of hydrogen-bond acceptors (Lipinski definition) is 12. The lowest BCUT2D eigenvalue weighted by molar-refractivity contribution is -0.141. The molecule has 1 fully saturated rings. The Morgan fingerprint density at radius 2 is 1.82 bits per heavy atom. The van der Waals surface area contributed by atoms with E-state index in [1.165, 1.54) is 49.9 Å². The van der Waals surface area contributed by atoms with Gasteiger partial charge < -0.3 is 33.0 Å². The zero-order valence-corrected chi connectivity index (χ0v) is 29.4. The van der Waals surface area contributed by atoms with Crippen LogP contribution in [-0.2, 0) is 9.53 Å². The number of nitrogens with zero attached hydrogens (tertiary/aromatic N) is 4. The average Bonchev–Trinajstić information content (AvgIpc) is 3.71. The van der Waals surface area contributed by atoms with Crippen LogP contribution in [0.4, 0.5) is 8.78 Å². The molecule has 11 nitrogen and oxygen atoms in total. The highest BCUT2D eigenvalue weighted by atomic mass is 35.5. The van der Waals surface area contributed by atoms with Gasteiger partial charge in [-0.15, -0.1) is 11.3 Å². The fraction of sp³-hybridized carbons (Fsp3) is 0.343. The van der Waals surface area contributed by atoms with E-state index in [2.05, 4.69) is 26.8 Å². The van der Waals surface area contributed by atoms with Crippen LogP contribution in [0.2, 0.25) is 5.02 Å². The Morgan fingerprint density at radius 1 is 1.04 bits per heavy atom. The highest BCUT2D eigenvalue weighted by molar-refractivity contribution is 7.22. The van der Waals surface area contributed by atoms with Crippen LogP contribution in [0.1, 0.15) is 12.5 Å². The first-order chi connectivity index (χ1) is 24.1. The Hall–Kier alpha value is -4.34. The lowest BCUT2D eigenvalue weighted by Crippen LogP contribution is -2.45. The molecule has 50 heavy (non-hydrogen) atoms. The second-order valence-corrected chi connectivity index (χ2v) is 13.0. The highest BCUT2D eigenvalue weighted by Gasteiger charge is 2.28. The molecule has 6 rings (SSSR count). The standard InChI is InChI=1S/C35H35ClF2N4O7S/c1-20-23(6-8-25(31(20)36)45-16-15-42-13-11-41(3)12-14-42)29-30-33(39-18-40-34(30)50-32(29)26-9-10-28(38)48-26)47-21(2)35(43)49-24-7-5-22(37)17-27(24)46-19-44-4/h5-10,17-18,21H,11-16,19H2,1-4H3/t21-/m1/s1. The summed E-state index contributed by atoms with van der Waals surface area (Å²) in [5, 5.41) is 0.872. The number of furan rings is 1. The van der Waals surface area contributed by atoms with Gasteiger partial charge in [0.05, 0.1) is 15.3 Å². The molecule has 0 saturated carbocycles. The normalized spacial score (nSPS) is 14.5. The summed E-state index contributed by atoms with van der Waals surface area (Å²) in [7, 11) is 3.52. The molecule has 0 unspecified atom stereocenters. The molecule has 1 aliphatic rings. The van der Waals surface area contributed by atoms with Gasteiger partial charge in [-0.1, -0.05) is 17.7 Å². The number of rotatable bonds is 13. The van der Waals surface area contributed by atoms with E-state index in [9.17, 15) is 13.6 Å². The van der Waals surface area contributed by atoms with Crippen molar-refractivity contribution in [1.29, 1.82) is 0 Å². The Balaban J connectivity index is 1.31. The maximum atomic E-state index is 14.2. The molecular formula is C35H35ClF2N4O7S. The van der Waals surface area contributed by atoms with E-state index < -0.39 is 23.9 Å². The van der Waals surface area contributed by atoms with Gasteiger partial charge in [-0.2, -0.15) is 4.39 Å². The molecule has 264 valence electrons. The van der Waals surface area contributed by atoms with E-state index in [0.717, 1.165) is 44.9 Å². The predicted molar refractivity (Wildman–Crippen MR) is 184 cm³/mol. The van der Waals surface area contributed by atoms with Gasteiger partial charge in [-0.05, 0) is 56.3 Å². The summed E-state index contributed by atoms with van der Waals surface area (Å²) in [6, 6.07) is 9.13. The number of carbonyl (C=O) groups is 1. The van der Waals surface area contributed by atoms with Crippen LogP contribution in [0.25, 0.3) is 32.0 Å². The second-order valence-electron chi connectivity index (χ2n) is 11.6. The molecule has 2 aromatic carbocycles. The maximum absolute atomic E-state index is 14.2. The summed E-state index contributed by atoms with van der Waals surface area (Å²) < 4.78 is 61.4. The summed E-state index contributed by atoms with van der Waals surface area (Å²) in [5.74, 6) is -0.554. The fourth-order valence-electron chi connectivity index (χ4n) is 5.47. The van der Waals surface area contributed by atoms with Crippen LogP contribution in [0.5, 0.6) is 23.1 Å². The number of esters is 1. The lowest BCUT2D eigenvalue weighted by Gasteiger charge is -2.32. The van der Waals surface area contributed by atoms with Crippen molar-refractivity contribution in [3.8, 4) is 44.9 Å². The van der Waals surface area contributed by atoms with Gasteiger partial charge in [0.25, 0.3) is 6.01 Å². The van der Waals surface area contributed by atoms with E-state index >= 15 is 0 Å². The predicted octanol–water partition coefficient (Wildman–Crippen LogP) is 6.84. The van der Waals surface area contributed by atoms with Crippen molar-refractivity contribution in [1.82, 2.24) is 19.8 Å². The van der Waals surface area contributed by atoms with E-state index in [0.29, 0.717) is 49.2 Å². The molecule has 0 bridgehead atoms. The van der Waals surface area contributed by atoms with Crippen LogP contribution < -0.4 is 18.9 Å². The number of hydrogen-bond donors (Lipinski definition) is 0. The zero-order chi connectivity index (χ0) is 35.4. The van der Waals surface area contributed by atoms with Crippen molar-refractivity contribution in [2.75, 3.05) is 60.3 Å². The number of aromatic nitrogens is 2. The van der Waals surface area contributed by atoms with E-state index in [4.69, 9.17) is 39.7 Å². The van der Waals surface area contributed by atoms with Crippen LogP contribution in [0.3, 0.4) is 0 Å². The topological polar surface area (TPSA) is 109 Å². The molecule has 4 heterocycles. The zero-order valence-electron chi connectivity index (χ0n) is 27.8. The highest BCUT2D eigenvalue weighted by Crippen LogP contribution is 2.49. The first kappa shape index (κ1) is 35.5. The Kier molecular flexibility index (Phi) is 11.1. The molecule has 0 amide bonds. The van der Waals surface area contributed by atoms with E-state index in [1.807, 2.05) is 13.0 Å². The first-order valence-corrected chi connectivity index (χ1v) is 17.0. The quantitative estimate of drug-likeness (QED) is 0.0723. The average molecular weight is 729 g/mol. The number of likely N-dealkylation sites (N-methyl/N-ethyl adjacent to an activating group) is 1. The largest absolute Gasteiger partial charge is 0.491 e. The molecule has 1 saturated heterocycles. The number of fused-ring (bicyclic) bond motifs is 1. The minimum atomic E-state index is -1.19. The van der Waals surface area contributed by atoms with Gasteiger partial charge in [-0.3, -0.25) is 4.90 Å². The number of benzene rings is 2. The van der Waals surface area contributed by atoms with Crippen LogP contribution in [-0.4, -0.2) is 92.1 Å². The molecule has 0 radical (unpaired) electrons. The molecule has 0 aliphatic carbocycles. The summed E-state index contributed by atoms with van der Waals surface area (Å²) in [4.78, 5) is 27.8. The van der Waals surface area contributed by atoms with Crippen molar-refractivity contribution in [2.24, 2.45) is 0 Å². The number of halogens is 3. The van der Waals surface area contributed by atoms with Crippen molar-refractivity contribution in [2.45, 2.75) is 20.0 Å². The van der Waals surface area contributed by atoms with Gasteiger partial charge in [0.1, 0.15) is 35.1 Å². The van der Waals surface area contributed by atoms with Gasteiger partial charge >= 0.3 is 5.97 Å². The monoisotopic (exact) mass is 728 g/mol. The summed E-state index contributed by atoms with van der Waals surface area (Å²) >= 11 is 8.16. The minimum absolute atomic E-state index is 0.0219. The van der Waals surface area contributed by atoms with Gasteiger partial charge in [0, 0.05) is 57.5 Å². The number of thiophene rings is 1. The third-order valence-corrected chi connectivity index (χ3v) is 9.78. The molecule has 3 aromatic heterocycles. The van der Waals surface area contributed by atoms with Gasteiger partial charge in [-0.25, -0.2) is 19.2 Å². The van der Waals surface area contributed by atoms with Crippen LogP contribution in [0, 0.1) is 18.8 Å². The third-order valence-electron chi connectivity index (χ3n) is 8.20. The number of carbonyl (C=O) groups excluding carboxylic acids is 1. The molecule has 1 aliphatic heterocycles. The summed E-state index contributed by atoms with van der Waals surface area (Å²) in [5.41, 5.74) is 1.95. The lowest BCUT2D eigenvalue weighted by atomic mass is 9.97. The van der Waals surface area contributed by atoms with Crippen molar-refractivity contribution < 1.29 is 41.7 Å². The van der Waals surface area contributed by atoms with Crippen LogP contribution in [0.15, 0.2) is 53.2 Å². The molecule has 5 aromatic rings. The molecular weight excluding hydrogens is 694 g/mol. The molecule has 1 atom stereocenters. The molecule has 0 spiro atoms. The SMILES string of the molecule is COCOc1cc(F)ccc1OC(=O)[C@@H](C)Oc1ncnc2sc(-c3ccc(F)o3)c(-c3ccc(OCCN4CCN(C)CC4)c(Cl)c3C)c12. The van der Waals surface area contributed by atoms with E-state index in [1.54, 1.807) is 6.07 Å².